The third kappa shape index (κ3) is 3.94. The van der Waals surface area contributed by atoms with E-state index in [1.807, 2.05) is 58.0 Å². The molecule has 26 heavy (non-hydrogen) atoms. The first-order chi connectivity index (χ1) is 12.2. The summed E-state index contributed by atoms with van der Waals surface area (Å²) in [6.07, 6.45) is 0. The SMILES string of the molecule is Cc1cc(NC(=O)C(C)(C)C)sc1C(=O)NCc1nc2ccccc2[nH]1. The lowest BCUT2D eigenvalue weighted by atomic mass is 9.96. The molecule has 2 amide bonds. The van der Waals surface area contributed by atoms with E-state index in [1.54, 1.807) is 0 Å². The summed E-state index contributed by atoms with van der Waals surface area (Å²) in [6, 6.07) is 9.55. The van der Waals surface area contributed by atoms with Crippen LogP contribution in [0.4, 0.5) is 5.00 Å². The number of hydrogen-bond acceptors (Lipinski definition) is 4. The summed E-state index contributed by atoms with van der Waals surface area (Å²) in [5, 5.41) is 6.43. The standard InChI is InChI=1S/C19H22N4O2S/c1-11-9-15(23-18(25)19(2,3)4)26-16(11)17(24)20-10-14-21-12-7-5-6-8-13(12)22-14/h5-9H,10H2,1-4H3,(H,20,24)(H,21,22)(H,23,25). The molecule has 0 spiro atoms. The van der Waals surface area contributed by atoms with Crippen molar-refractivity contribution in [3.63, 3.8) is 0 Å². The molecule has 0 aliphatic carbocycles. The van der Waals surface area contributed by atoms with Crippen LogP contribution in [0.5, 0.6) is 0 Å². The van der Waals surface area contributed by atoms with Gasteiger partial charge in [-0.1, -0.05) is 32.9 Å². The van der Waals surface area contributed by atoms with Crippen molar-refractivity contribution in [1.82, 2.24) is 15.3 Å². The van der Waals surface area contributed by atoms with E-state index in [-0.39, 0.29) is 11.8 Å². The molecular formula is C19H22N4O2S. The topological polar surface area (TPSA) is 86.9 Å². The van der Waals surface area contributed by atoms with Gasteiger partial charge in [-0.3, -0.25) is 9.59 Å². The summed E-state index contributed by atoms with van der Waals surface area (Å²) in [6.45, 7) is 7.73. The van der Waals surface area contributed by atoms with Gasteiger partial charge in [-0.25, -0.2) is 4.98 Å². The Morgan fingerprint density at radius 1 is 1.23 bits per heavy atom. The fourth-order valence-corrected chi connectivity index (χ4v) is 3.39. The predicted octanol–water partition coefficient (Wildman–Crippen LogP) is 3.85. The lowest BCUT2D eigenvalue weighted by Crippen LogP contribution is -2.27. The number of benzene rings is 1. The van der Waals surface area contributed by atoms with Gasteiger partial charge in [0.1, 0.15) is 5.82 Å². The highest BCUT2D eigenvalue weighted by Gasteiger charge is 2.23. The minimum atomic E-state index is -0.485. The highest BCUT2D eigenvalue weighted by Crippen LogP contribution is 2.28. The van der Waals surface area contributed by atoms with E-state index in [0.717, 1.165) is 16.6 Å². The molecule has 0 unspecified atom stereocenters. The molecule has 0 saturated carbocycles. The molecule has 0 saturated heterocycles. The molecule has 2 heterocycles. The molecule has 3 rings (SSSR count). The van der Waals surface area contributed by atoms with Gasteiger partial charge in [0.2, 0.25) is 5.91 Å². The Morgan fingerprint density at radius 2 is 1.96 bits per heavy atom. The average Bonchev–Trinajstić information content (AvgIpc) is 3.14. The number of para-hydroxylation sites is 2. The number of fused-ring (bicyclic) bond motifs is 1. The van der Waals surface area contributed by atoms with Gasteiger partial charge in [0.25, 0.3) is 5.91 Å². The molecule has 2 aromatic heterocycles. The lowest BCUT2D eigenvalue weighted by molar-refractivity contribution is -0.123. The molecule has 3 aromatic rings. The molecule has 1 aromatic carbocycles. The zero-order valence-corrected chi connectivity index (χ0v) is 16.1. The summed E-state index contributed by atoms with van der Waals surface area (Å²) in [5.74, 6) is 0.451. The van der Waals surface area contributed by atoms with Crippen molar-refractivity contribution in [3.05, 3.63) is 46.6 Å². The maximum Gasteiger partial charge on any atom is 0.262 e. The molecule has 0 radical (unpaired) electrons. The van der Waals surface area contributed by atoms with Crippen molar-refractivity contribution in [2.75, 3.05) is 5.32 Å². The summed E-state index contributed by atoms with van der Waals surface area (Å²) in [5.41, 5.74) is 2.16. The Kier molecular flexibility index (Phi) is 4.82. The molecular weight excluding hydrogens is 348 g/mol. The number of anilines is 1. The number of aromatic nitrogens is 2. The van der Waals surface area contributed by atoms with Crippen LogP contribution in [0.25, 0.3) is 11.0 Å². The molecule has 0 aliphatic rings. The van der Waals surface area contributed by atoms with Crippen LogP contribution in [0.1, 0.15) is 41.8 Å². The van der Waals surface area contributed by atoms with Crippen molar-refractivity contribution in [2.45, 2.75) is 34.2 Å². The molecule has 0 bridgehead atoms. The number of amides is 2. The van der Waals surface area contributed by atoms with E-state index < -0.39 is 5.41 Å². The zero-order chi connectivity index (χ0) is 18.9. The second-order valence-corrected chi connectivity index (χ2v) is 8.26. The van der Waals surface area contributed by atoms with Crippen molar-refractivity contribution in [1.29, 1.82) is 0 Å². The van der Waals surface area contributed by atoms with Crippen LogP contribution in [-0.2, 0) is 11.3 Å². The summed E-state index contributed by atoms with van der Waals surface area (Å²) in [7, 11) is 0. The maximum atomic E-state index is 12.5. The van der Waals surface area contributed by atoms with E-state index in [4.69, 9.17) is 0 Å². The Morgan fingerprint density at radius 3 is 2.65 bits per heavy atom. The van der Waals surface area contributed by atoms with Crippen LogP contribution in [0.3, 0.4) is 0 Å². The third-order valence-corrected chi connectivity index (χ3v) is 5.05. The van der Waals surface area contributed by atoms with Crippen LogP contribution in [0.2, 0.25) is 0 Å². The number of thiophene rings is 1. The largest absolute Gasteiger partial charge is 0.344 e. The fraction of sp³-hybridized carbons (Fsp3) is 0.316. The predicted molar refractivity (Wildman–Crippen MR) is 104 cm³/mol. The lowest BCUT2D eigenvalue weighted by Gasteiger charge is -2.16. The van der Waals surface area contributed by atoms with Crippen LogP contribution in [0.15, 0.2) is 30.3 Å². The Labute approximate surface area is 156 Å². The smallest absolute Gasteiger partial charge is 0.262 e. The summed E-state index contributed by atoms with van der Waals surface area (Å²) in [4.78, 5) is 32.8. The Balaban J connectivity index is 1.67. The number of aromatic amines is 1. The van der Waals surface area contributed by atoms with Gasteiger partial charge >= 0.3 is 0 Å². The monoisotopic (exact) mass is 370 g/mol. The minimum absolute atomic E-state index is 0.0759. The molecule has 136 valence electrons. The van der Waals surface area contributed by atoms with Crippen molar-refractivity contribution in [3.8, 4) is 0 Å². The molecule has 0 fully saturated rings. The number of nitrogens with zero attached hydrogens (tertiary/aromatic N) is 1. The number of hydrogen-bond donors (Lipinski definition) is 3. The Hall–Kier alpha value is -2.67. The van der Waals surface area contributed by atoms with Gasteiger partial charge in [0.05, 0.1) is 27.5 Å². The molecule has 3 N–H and O–H groups in total. The molecule has 6 nitrogen and oxygen atoms in total. The Bertz CT molecular complexity index is 932. The number of carbonyl (C=O) groups is 2. The van der Waals surface area contributed by atoms with Crippen LogP contribution in [0, 0.1) is 12.3 Å². The number of rotatable bonds is 4. The van der Waals surface area contributed by atoms with Gasteiger partial charge in [0, 0.05) is 5.41 Å². The minimum Gasteiger partial charge on any atom is -0.344 e. The summed E-state index contributed by atoms with van der Waals surface area (Å²) < 4.78 is 0. The molecule has 0 aliphatic heterocycles. The van der Waals surface area contributed by atoms with E-state index in [1.165, 1.54) is 11.3 Å². The van der Waals surface area contributed by atoms with Crippen LogP contribution >= 0.6 is 11.3 Å². The first kappa shape index (κ1) is 18.1. The second kappa shape index (κ2) is 6.92. The normalized spacial score (nSPS) is 11.5. The zero-order valence-electron chi connectivity index (χ0n) is 15.3. The maximum absolute atomic E-state index is 12.5. The van der Waals surface area contributed by atoms with Crippen molar-refractivity contribution in [2.24, 2.45) is 5.41 Å². The fourth-order valence-electron chi connectivity index (χ4n) is 2.40. The van der Waals surface area contributed by atoms with Gasteiger partial charge in [0.15, 0.2) is 0 Å². The first-order valence-corrected chi connectivity index (χ1v) is 9.19. The number of carbonyl (C=O) groups excluding carboxylic acids is 2. The number of nitrogens with one attached hydrogen (secondary N) is 3. The van der Waals surface area contributed by atoms with E-state index in [2.05, 4.69) is 20.6 Å². The van der Waals surface area contributed by atoms with Gasteiger partial charge in [-0.05, 0) is 30.7 Å². The molecule has 0 atom stereocenters. The van der Waals surface area contributed by atoms with E-state index in [0.29, 0.717) is 22.2 Å². The average molecular weight is 370 g/mol. The van der Waals surface area contributed by atoms with E-state index in [9.17, 15) is 9.59 Å². The van der Waals surface area contributed by atoms with E-state index >= 15 is 0 Å². The number of imidazole rings is 1. The van der Waals surface area contributed by atoms with Gasteiger partial charge < -0.3 is 15.6 Å². The highest BCUT2D eigenvalue weighted by atomic mass is 32.1. The van der Waals surface area contributed by atoms with Crippen molar-refractivity contribution >= 4 is 39.2 Å². The van der Waals surface area contributed by atoms with Crippen molar-refractivity contribution < 1.29 is 9.59 Å². The number of aryl methyl sites for hydroxylation is 1. The van der Waals surface area contributed by atoms with Crippen LogP contribution in [-0.4, -0.2) is 21.8 Å². The van der Waals surface area contributed by atoms with Gasteiger partial charge in [-0.15, -0.1) is 11.3 Å². The van der Waals surface area contributed by atoms with Crippen LogP contribution < -0.4 is 10.6 Å². The summed E-state index contributed by atoms with van der Waals surface area (Å²) >= 11 is 1.28. The quantitative estimate of drug-likeness (QED) is 0.652. The second-order valence-electron chi connectivity index (χ2n) is 7.21. The highest BCUT2D eigenvalue weighted by molar-refractivity contribution is 7.18. The first-order valence-electron chi connectivity index (χ1n) is 8.38. The number of H-pyrrole nitrogens is 1. The molecule has 7 heteroatoms. The third-order valence-electron chi connectivity index (χ3n) is 3.90. The van der Waals surface area contributed by atoms with Gasteiger partial charge in [-0.2, -0.15) is 0 Å².